The van der Waals surface area contributed by atoms with E-state index in [4.69, 9.17) is 17.3 Å². The maximum Gasteiger partial charge on any atom is 0.0663 e. The minimum Gasteiger partial charge on any atom is -0.319 e. The van der Waals surface area contributed by atoms with E-state index in [0.717, 1.165) is 28.1 Å². The highest BCUT2D eigenvalue weighted by Gasteiger charge is 2.34. The van der Waals surface area contributed by atoms with E-state index < -0.39 is 0 Å². The van der Waals surface area contributed by atoms with Crippen molar-refractivity contribution in [1.29, 1.82) is 0 Å². The van der Waals surface area contributed by atoms with Gasteiger partial charge in [0.2, 0.25) is 0 Å². The molecule has 1 saturated heterocycles. The fourth-order valence-electron chi connectivity index (χ4n) is 1.44. The van der Waals surface area contributed by atoms with Crippen LogP contribution in [-0.4, -0.2) is 13.1 Å². The molecule has 0 aliphatic carbocycles. The Kier molecular flexibility index (Phi) is 3.83. The van der Waals surface area contributed by atoms with Gasteiger partial charge < -0.3 is 11.1 Å². The number of hydrogen-bond donors (Lipinski definition) is 2. The Morgan fingerprint density at radius 2 is 2.00 bits per heavy atom. The Morgan fingerprint density at radius 1 is 1.36 bits per heavy atom. The van der Waals surface area contributed by atoms with Crippen molar-refractivity contribution in [3.63, 3.8) is 0 Å². The molecule has 14 heavy (non-hydrogen) atoms. The van der Waals surface area contributed by atoms with Gasteiger partial charge in [0.05, 0.1) is 5.54 Å². The molecule has 1 heterocycles. The van der Waals surface area contributed by atoms with Crippen LogP contribution in [0.1, 0.15) is 5.56 Å². The van der Waals surface area contributed by atoms with E-state index >= 15 is 0 Å². The van der Waals surface area contributed by atoms with Gasteiger partial charge in [0.25, 0.3) is 0 Å². The Labute approximate surface area is 103 Å². The van der Waals surface area contributed by atoms with E-state index in [1.807, 2.05) is 18.2 Å². The fourth-order valence-corrected chi connectivity index (χ4v) is 2.30. The Bertz CT molecular complexity index is 319. The first-order valence-electron chi connectivity index (χ1n) is 4.06. The number of nitrogens with two attached hydrogens (primary N) is 1. The average molecular weight is 298 g/mol. The average Bonchev–Trinajstić information content (AvgIpc) is 1.98. The normalized spacial score (nSPS) is 18.2. The maximum absolute atomic E-state index is 6.12. The number of nitrogens with one attached hydrogen (secondary N) is 1. The van der Waals surface area contributed by atoms with E-state index in [9.17, 15) is 0 Å². The lowest BCUT2D eigenvalue weighted by atomic mass is 9.85. The summed E-state index contributed by atoms with van der Waals surface area (Å²) in [5.74, 6) is 0. The number of halogens is 3. The molecule has 0 saturated carbocycles. The minimum absolute atomic E-state index is 0. The van der Waals surface area contributed by atoms with E-state index in [2.05, 4.69) is 21.2 Å². The van der Waals surface area contributed by atoms with Crippen LogP contribution in [0.15, 0.2) is 22.7 Å². The van der Waals surface area contributed by atoms with Crippen molar-refractivity contribution >= 4 is 39.9 Å². The van der Waals surface area contributed by atoms with Crippen molar-refractivity contribution < 1.29 is 0 Å². The van der Waals surface area contributed by atoms with Gasteiger partial charge >= 0.3 is 0 Å². The first-order valence-corrected chi connectivity index (χ1v) is 5.23. The van der Waals surface area contributed by atoms with Crippen molar-refractivity contribution in [2.24, 2.45) is 5.73 Å². The molecule has 0 unspecified atom stereocenters. The molecular weight excluding hydrogens is 287 g/mol. The van der Waals surface area contributed by atoms with Gasteiger partial charge in [0.15, 0.2) is 0 Å². The van der Waals surface area contributed by atoms with Gasteiger partial charge in [-0.1, -0.05) is 27.5 Å². The number of rotatable bonds is 1. The van der Waals surface area contributed by atoms with Gasteiger partial charge in [-0.3, -0.25) is 0 Å². The molecule has 2 rings (SSSR count). The summed E-state index contributed by atoms with van der Waals surface area (Å²) in [6.45, 7) is 1.64. The summed E-state index contributed by atoms with van der Waals surface area (Å²) in [6, 6.07) is 5.81. The molecule has 0 atom stereocenters. The van der Waals surface area contributed by atoms with Gasteiger partial charge in [-0.05, 0) is 23.8 Å². The van der Waals surface area contributed by atoms with Crippen LogP contribution in [-0.2, 0) is 5.54 Å². The van der Waals surface area contributed by atoms with Gasteiger partial charge in [-0.15, -0.1) is 12.4 Å². The molecule has 1 fully saturated rings. The lowest BCUT2D eigenvalue weighted by Gasteiger charge is -2.39. The van der Waals surface area contributed by atoms with Gasteiger partial charge in [-0.2, -0.15) is 0 Å². The van der Waals surface area contributed by atoms with E-state index in [1.165, 1.54) is 0 Å². The van der Waals surface area contributed by atoms with Crippen LogP contribution in [0.5, 0.6) is 0 Å². The smallest absolute Gasteiger partial charge is 0.0663 e. The van der Waals surface area contributed by atoms with Crippen LogP contribution < -0.4 is 11.1 Å². The lowest BCUT2D eigenvalue weighted by molar-refractivity contribution is 0.287. The van der Waals surface area contributed by atoms with Gasteiger partial charge in [0, 0.05) is 22.6 Å². The standard InChI is InChI=1S/C9H10BrClN2.ClH/c10-7-1-6(2-8(11)3-7)9(12)4-13-5-9;/h1-3,13H,4-5,12H2;1H. The number of benzene rings is 1. The van der Waals surface area contributed by atoms with Gasteiger partial charge in [0.1, 0.15) is 0 Å². The zero-order valence-electron chi connectivity index (χ0n) is 7.39. The first kappa shape index (κ1) is 12.3. The lowest BCUT2D eigenvalue weighted by Crippen LogP contribution is -2.62. The highest BCUT2D eigenvalue weighted by Crippen LogP contribution is 2.28. The molecule has 78 valence electrons. The summed E-state index contributed by atoms with van der Waals surface area (Å²) < 4.78 is 0.978. The van der Waals surface area contributed by atoms with Crippen LogP contribution in [0.3, 0.4) is 0 Å². The third-order valence-corrected chi connectivity index (χ3v) is 2.99. The maximum atomic E-state index is 6.12. The number of hydrogen-bond acceptors (Lipinski definition) is 2. The van der Waals surface area contributed by atoms with E-state index in [1.54, 1.807) is 0 Å². The third-order valence-electron chi connectivity index (χ3n) is 2.32. The predicted octanol–water partition coefficient (Wildman–Crippen LogP) is 2.28. The third kappa shape index (κ3) is 2.23. The monoisotopic (exact) mass is 296 g/mol. The molecule has 1 aliphatic rings. The van der Waals surface area contributed by atoms with Crippen molar-refractivity contribution in [2.45, 2.75) is 5.54 Å². The molecule has 0 bridgehead atoms. The van der Waals surface area contributed by atoms with Crippen LogP contribution in [0, 0.1) is 0 Å². The fraction of sp³-hybridized carbons (Fsp3) is 0.333. The second-order valence-corrected chi connectivity index (χ2v) is 4.77. The minimum atomic E-state index is -0.229. The summed E-state index contributed by atoms with van der Waals surface area (Å²) in [4.78, 5) is 0. The summed E-state index contributed by atoms with van der Waals surface area (Å²) in [7, 11) is 0. The van der Waals surface area contributed by atoms with Crippen molar-refractivity contribution in [3.05, 3.63) is 33.3 Å². The summed E-state index contributed by atoms with van der Waals surface area (Å²) in [6.07, 6.45) is 0. The largest absolute Gasteiger partial charge is 0.319 e. The molecule has 0 radical (unpaired) electrons. The Morgan fingerprint density at radius 3 is 2.43 bits per heavy atom. The predicted molar refractivity (Wildman–Crippen MR) is 65.1 cm³/mol. The summed E-state index contributed by atoms with van der Waals surface area (Å²) >= 11 is 9.33. The van der Waals surface area contributed by atoms with Crippen molar-refractivity contribution in [2.75, 3.05) is 13.1 Å². The Hall–Kier alpha value is 0.200. The topological polar surface area (TPSA) is 38.0 Å². The molecule has 0 amide bonds. The van der Waals surface area contributed by atoms with Crippen LogP contribution in [0.25, 0.3) is 0 Å². The SMILES string of the molecule is Cl.NC1(c2cc(Cl)cc(Br)c2)CNC1. The van der Waals surface area contributed by atoms with E-state index in [0.29, 0.717) is 0 Å². The second kappa shape index (κ2) is 4.37. The van der Waals surface area contributed by atoms with E-state index in [-0.39, 0.29) is 17.9 Å². The highest BCUT2D eigenvalue weighted by atomic mass is 79.9. The molecular formula is C9H11BrCl2N2. The molecule has 3 N–H and O–H groups in total. The zero-order chi connectivity index (χ0) is 9.47. The van der Waals surface area contributed by atoms with Gasteiger partial charge in [-0.25, -0.2) is 0 Å². The zero-order valence-corrected chi connectivity index (χ0v) is 10.5. The molecule has 5 heteroatoms. The van der Waals surface area contributed by atoms with Crippen LogP contribution in [0.2, 0.25) is 5.02 Å². The summed E-state index contributed by atoms with van der Waals surface area (Å²) in [5.41, 5.74) is 6.98. The first-order chi connectivity index (χ1) is 6.10. The molecule has 0 aromatic heterocycles. The molecule has 1 aromatic carbocycles. The molecule has 2 nitrogen and oxygen atoms in total. The summed E-state index contributed by atoms with van der Waals surface area (Å²) in [5, 5.41) is 3.88. The second-order valence-electron chi connectivity index (χ2n) is 3.42. The van der Waals surface area contributed by atoms with Crippen molar-refractivity contribution in [1.82, 2.24) is 5.32 Å². The van der Waals surface area contributed by atoms with Crippen molar-refractivity contribution in [3.8, 4) is 0 Å². The molecule has 1 aliphatic heterocycles. The van der Waals surface area contributed by atoms with Crippen LogP contribution >= 0.6 is 39.9 Å². The quantitative estimate of drug-likeness (QED) is 0.835. The molecule has 0 spiro atoms. The molecule has 1 aromatic rings. The van der Waals surface area contributed by atoms with Crippen LogP contribution in [0.4, 0.5) is 0 Å². The highest BCUT2D eigenvalue weighted by molar-refractivity contribution is 9.10. The Balaban J connectivity index is 0.000000980.